The Morgan fingerprint density at radius 3 is 2.55 bits per heavy atom. The van der Waals surface area contributed by atoms with E-state index in [-0.39, 0.29) is 22.5 Å². The van der Waals surface area contributed by atoms with Crippen LogP contribution in [0.15, 0.2) is 11.6 Å². The number of rotatable bonds is 5. The largest absolute Gasteiger partial charge is 0.550 e. The van der Waals surface area contributed by atoms with E-state index in [9.17, 15) is 14.7 Å². The monoisotopic (exact) mass is 277 g/mol. The first-order valence-corrected chi connectivity index (χ1v) is 7.73. The molecular weight excluding hydrogens is 252 g/mol. The summed E-state index contributed by atoms with van der Waals surface area (Å²) in [5.41, 5.74) is 0.385. The molecule has 3 atom stereocenters. The van der Waals surface area contributed by atoms with Crippen molar-refractivity contribution in [3.05, 3.63) is 11.6 Å². The summed E-state index contributed by atoms with van der Waals surface area (Å²) in [5, 5.41) is 11.3. The predicted octanol–water partition coefficient (Wildman–Crippen LogP) is 2.49. The van der Waals surface area contributed by atoms with E-state index in [1.165, 1.54) is 0 Å². The van der Waals surface area contributed by atoms with Crippen LogP contribution in [0, 0.1) is 22.7 Å². The molecule has 20 heavy (non-hydrogen) atoms. The van der Waals surface area contributed by atoms with Crippen LogP contribution in [0.5, 0.6) is 0 Å². The molecule has 2 bridgehead atoms. The standard InChI is InChI=1S/C17H26O3/c1-5-6-7-11(15(19)20)10-12-13-8-9-17(4,14(12)18)16(13,2)3/h10-11,13H,5-9H2,1-4H3,(H,19,20)/p-1/b12-10+/t11-,13-,17+/m0/s1. The number of carboxylic acids is 1. The topological polar surface area (TPSA) is 57.2 Å². The molecule has 0 aliphatic heterocycles. The molecule has 2 aliphatic rings. The van der Waals surface area contributed by atoms with Crippen LogP contribution in [0.1, 0.15) is 59.8 Å². The van der Waals surface area contributed by atoms with E-state index in [0.29, 0.717) is 6.42 Å². The number of carbonyl (C=O) groups excluding carboxylic acids is 2. The number of fused-ring (bicyclic) bond motifs is 2. The summed E-state index contributed by atoms with van der Waals surface area (Å²) in [6, 6.07) is 0. The number of aliphatic carboxylic acids is 1. The molecule has 0 unspecified atom stereocenters. The lowest BCUT2D eigenvalue weighted by Crippen LogP contribution is -2.33. The van der Waals surface area contributed by atoms with Crippen molar-refractivity contribution in [1.29, 1.82) is 0 Å². The van der Waals surface area contributed by atoms with E-state index >= 15 is 0 Å². The van der Waals surface area contributed by atoms with Crippen LogP contribution >= 0.6 is 0 Å². The van der Waals surface area contributed by atoms with Crippen molar-refractivity contribution in [3.8, 4) is 0 Å². The fourth-order valence-corrected chi connectivity index (χ4v) is 4.03. The number of carboxylic acid groups (broad SMARTS) is 1. The fourth-order valence-electron chi connectivity index (χ4n) is 4.03. The molecular formula is C17H25O3-. The van der Waals surface area contributed by atoms with Crippen molar-refractivity contribution in [2.75, 3.05) is 0 Å². The molecule has 0 aromatic rings. The molecule has 0 spiro atoms. The van der Waals surface area contributed by atoms with Gasteiger partial charge in [-0.3, -0.25) is 4.79 Å². The summed E-state index contributed by atoms with van der Waals surface area (Å²) in [6.07, 6.45) is 6.00. The van der Waals surface area contributed by atoms with Crippen LogP contribution in [-0.2, 0) is 9.59 Å². The number of allylic oxidation sites excluding steroid dienone is 1. The summed E-state index contributed by atoms with van der Waals surface area (Å²) in [4.78, 5) is 23.9. The fraction of sp³-hybridized carbons (Fsp3) is 0.765. The Bertz CT molecular complexity index is 461. The van der Waals surface area contributed by atoms with E-state index in [0.717, 1.165) is 31.3 Å². The number of hydrogen-bond donors (Lipinski definition) is 0. The summed E-state index contributed by atoms with van der Waals surface area (Å²) in [5.74, 6) is -1.29. The van der Waals surface area contributed by atoms with Crippen LogP contribution in [-0.4, -0.2) is 11.8 Å². The Hall–Kier alpha value is -1.12. The van der Waals surface area contributed by atoms with Crippen LogP contribution in [0.3, 0.4) is 0 Å². The van der Waals surface area contributed by atoms with Gasteiger partial charge in [-0.05, 0) is 36.2 Å². The highest BCUT2D eigenvalue weighted by molar-refractivity contribution is 6.05. The number of ketones is 1. The highest BCUT2D eigenvalue weighted by Gasteiger charge is 2.63. The van der Waals surface area contributed by atoms with Gasteiger partial charge in [-0.1, -0.05) is 46.6 Å². The number of Topliss-reactive ketones (excluding diaryl/α,β-unsaturated/α-hetero) is 1. The summed E-state index contributed by atoms with van der Waals surface area (Å²) < 4.78 is 0. The third-order valence-electron chi connectivity index (χ3n) is 5.92. The van der Waals surface area contributed by atoms with Crippen LogP contribution < -0.4 is 5.11 Å². The first kappa shape index (κ1) is 15.3. The third kappa shape index (κ3) is 2.02. The molecule has 0 amide bonds. The number of unbranched alkanes of at least 4 members (excludes halogenated alkanes) is 1. The average Bonchev–Trinajstić information content (AvgIpc) is 2.67. The minimum absolute atomic E-state index is 0.0584. The molecule has 0 saturated heterocycles. The zero-order valence-electron chi connectivity index (χ0n) is 13.0. The van der Waals surface area contributed by atoms with E-state index in [1.54, 1.807) is 6.08 Å². The Kier molecular flexibility index (Phi) is 3.83. The van der Waals surface area contributed by atoms with Crippen LogP contribution in [0.25, 0.3) is 0 Å². The Labute approximate surface area is 121 Å². The Morgan fingerprint density at radius 1 is 1.45 bits per heavy atom. The molecule has 2 aliphatic carbocycles. The van der Waals surface area contributed by atoms with Gasteiger partial charge in [-0.25, -0.2) is 0 Å². The van der Waals surface area contributed by atoms with E-state index < -0.39 is 11.9 Å². The Morgan fingerprint density at radius 2 is 2.10 bits per heavy atom. The minimum atomic E-state index is -1.05. The zero-order chi connectivity index (χ0) is 15.1. The summed E-state index contributed by atoms with van der Waals surface area (Å²) in [6.45, 7) is 8.36. The molecule has 0 radical (unpaired) electrons. The van der Waals surface area contributed by atoms with Crippen molar-refractivity contribution in [2.45, 2.75) is 59.8 Å². The molecule has 0 aromatic heterocycles. The highest BCUT2D eigenvalue weighted by Crippen LogP contribution is 2.65. The van der Waals surface area contributed by atoms with Crippen molar-refractivity contribution < 1.29 is 14.7 Å². The lowest BCUT2D eigenvalue weighted by atomic mass is 9.70. The zero-order valence-corrected chi connectivity index (χ0v) is 13.0. The molecule has 0 heterocycles. The van der Waals surface area contributed by atoms with Gasteiger partial charge in [0.1, 0.15) is 0 Å². The molecule has 0 aromatic carbocycles. The predicted molar refractivity (Wildman–Crippen MR) is 75.7 cm³/mol. The van der Waals surface area contributed by atoms with Crippen molar-refractivity contribution in [1.82, 2.24) is 0 Å². The first-order valence-electron chi connectivity index (χ1n) is 7.73. The molecule has 3 nitrogen and oxygen atoms in total. The second kappa shape index (κ2) is 5.01. The van der Waals surface area contributed by atoms with Gasteiger partial charge in [0, 0.05) is 17.3 Å². The smallest absolute Gasteiger partial charge is 0.165 e. The van der Waals surface area contributed by atoms with E-state index in [1.807, 2.05) is 13.8 Å². The molecule has 112 valence electrons. The minimum Gasteiger partial charge on any atom is -0.550 e. The maximum absolute atomic E-state index is 12.7. The lowest BCUT2D eigenvalue weighted by Gasteiger charge is -2.31. The average molecular weight is 277 g/mol. The van der Waals surface area contributed by atoms with Gasteiger partial charge in [0.15, 0.2) is 5.78 Å². The molecule has 3 heteroatoms. The summed E-state index contributed by atoms with van der Waals surface area (Å²) >= 11 is 0. The SMILES string of the molecule is CCCC[C@@H](/C=C1/C(=O)[C@@]2(C)CC[C@@H]1C2(C)C)C(=O)[O-]. The first-order chi connectivity index (χ1) is 9.25. The summed E-state index contributed by atoms with van der Waals surface area (Å²) in [7, 11) is 0. The Balaban J connectivity index is 2.31. The van der Waals surface area contributed by atoms with Gasteiger partial charge in [0.05, 0.1) is 0 Å². The number of carbonyl (C=O) groups is 2. The molecule has 2 fully saturated rings. The molecule has 0 N–H and O–H groups in total. The van der Waals surface area contributed by atoms with E-state index in [2.05, 4.69) is 13.8 Å². The van der Waals surface area contributed by atoms with Crippen LogP contribution in [0.4, 0.5) is 0 Å². The van der Waals surface area contributed by atoms with Gasteiger partial charge >= 0.3 is 0 Å². The maximum atomic E-state index is 12.7. The van der Waals surface area contributed by atoms with Crippen molar-refractivity contribution >= 4 is 11.8 Å². The number of hydrogen-bond acceptors (Lipinski definition) is 3. The second-order valence-corrected chi connectivity index (χ2v) is 7.16. The highest BCUT2D eigenvalue weighted by atomic mass is 16.4. The van der Waals surface area contributed by atoms with Crippen molar-refractivity contribution in [3.63, 3.8) is 0 Å². The van der Waals surface area contributed by atoms with Gasteiger partial charge in [0.25, 0.3) is 0 Å². The van der Waals surface area contributed by atoms with E-state index in [4.69, 9.17) is 0 Å². The molecule has 2 rings (SSSR count). The van der Waals surface area contributed by atoms with Gasteiger partial charge in [0.2, 0.25) is 0 Å². The maximum Gasteiger partial charge on any atom is 0.165 e. The third-order valence-corrected chi connectivity index (χ3v) is 5.92. The van der Waals surface area contributed by atoms with Crippen molar-refractivity contribution in [2.24, 2.45) is 22.7 Å². The second-order valence-electron chi connectivity index (χ2n) is 7.16. The van der Waals surface area contributed by atoms with Gasteiger partial charge in [-0.15, -0.1) is 0 Å². The normalized spacial score (nSPS) is 34.7. The van der Waals surface area contributed by atoms with Gasteiger partial charge in [-0.2, -0.15) is 0 Å². The quantitative estimate of drug-likeness (QED) is 0.725. The van der Waals surface area contributed by atoms with Gasteiger partial charge < -0.3 is 9.90 Å². The molecule has 2 saturated carbocycles. The lowest BCUT2D eigenvalue weighted by molar-refractivity contribution is -0.309. The van der Waals surface area contributed by atoms with Crippen LogP contribution in [0.2, 0.25) is 0 Å².